The van der Waals surface area contributed by atoms with E-state index in [2.05, 4.69) is 24.1 Å². The van der Waals surface area contributed by atoms with Gasteiger partial charge in [-0.2, -0.15) is 13.2 Å². The fourth-order valence-corrected chi connectivity index (χ4v) is 1.86. The molecule has 1 atom stereocenters. The van der Waals surface area contributed by atoms with Gasteiger partial charge in [-0.05, 0) is 31.8 Å². The normalized spacial score (nSPS) is 14.4. The summed E-state index contributed by atoms with van der Waals surface area (Å²) in [6, 6.07) is 0.230. The van der Waals surface area contributed by atoms with E-state index in [9.17, 15) is 13.2 Å². The van der Waals surface area contributed by atoms with Crippen molar-refractivity contribution in [3.05, 3.63) is 0 Å². The van der Waals surface area contributed by atoms with Gasteiger partial charge in [-0.1, -0.05) is 13.8 Å². The van der Waals surface area contributed by atoms with E-state index in [0.29, 0.717) is 6.54 Å². The van der Waals surface area contributed by atoms with Gasteiger partial charge in [0.05, 0.1) is 0 Å². The van der Waals surface area contributed by atoms with Gasteiger partial charge in [0.2, 0.25) is 0 Å². The molecule has 0 bridgehead atoms. The van der Waals surface area contributed by atoms with Gasteiger partial charge in [-0.15, -0.1) is 0 Å². The number of hydrogen-bond donors (Lipinski definition) is 1. The molecule has 1 unspecified atom stereocenters. The van der Waals surface area contributed by atoms with Gasteiger partial charge in [0.15, 0.2) is 0 Å². The van der Waals surface area contributed by atoms with Gasteiger partial charge in [0, 0.05) is 24.9 Å². The fourth-order valence-electron chi connectivity index (χ4n) is 1.41. The van der Waals surface area contributed by atoms with Crippen LogP contribution in [0.25, 0.3) is 0 Å². The first kappa shape index (κ1) is 16.1. The molecule has 0 saturated heterocycles. The van der Waals surface area contributed by atoms with E-state index < -0.39 is 5.51 Å². The number of halogens is 3. The first-order valence-corrected chi connectivity index (χ1v) is 6.54. The van der Waals surface area contributed by atoms with Gasteiger partial charge in [0.25, 0.3) is 0 Å². The molecule has 0 aromatic carbocycles. The van der Waals surface area contributed by atoms with Crippen molar-refractivity contribution in [1.82, 2.24) is 10.2 Å². The molecule has 0 saturated carbocycles. The van der Waals surface area contributed by atoms with Crippen molar-refractivity contribution < 1.29 is 13.2 Å². The Morgan fingerprint density at radius 3 is 2.25 bits per heavy atom. The molecule has 0 spiro atoms. The first-order chi connectivity index (χ1) is 7.39. The van der Waals surface area contributed by atoms with Crippen LogP contribution in [0.5, 0.6) is 0 Å². The first-order valence-electron chi connectivity index (χ1n) is 5.55. The molecule has 0 radical (unpaired) electrons. The molecule has 0 aliphatic heterocycles. The highest BCUT2D eigenvalue weighted by Crippen LogP contribution is 2.29. The van der Waals surface area contributed by atoms with Crippen molar-refractivity contribution in [3.63, 3.8) is 0 Å². The molecule has 0 aliphatic carbocycles. The van der Waals surface area contributed by atoms with Gasteiger partial charge < -0.3 is 10.2 Å². The second kappa shape index (κ2) is 8.20. The Bertz CT molecular complexity index is 172. The average Bonchev–Trinajstić information content (AvgIpc) is 2.19. The van der Waals surface area contributed by atoms with Crippen LogP contribution in [0.4, 0.5) is 13.2 Å². The molecular weight excluding hydrogens is 237 g/mol. The highest BCUT2D eigenvalue weighted by molar-refractivity contribution is 8.00. The maximum absolute atomic E-state index is 11.8. The molecule has 0 rings (SSSR count). The summed E-state index contributed by atoms with van der Waals surface area (Å²) in [5.74, 6) is 0.0755. The lowest BCUT2D eigenvalue weighted by Crippen LogP contribution is -2.40. The summed E-state index contributed by atoms with van der Waals surface area (Å²) < 4.78 is 35.5. The number of likely N-dealkylation sites (N-methyl/N-ethyl adjacent to an activating group) is 1. The fraction of sp³-hybridized carbons (Fsp3) is 1.00. The van der Waals surface area contributed by atoms with E-state index in [1.807, 2.05) is 6.92 Å². The summed E-state index contributed by atoms with van der Waals surface area (Å²) in [6.07, 6.45) is 0. The van der Waals surface area contributed by atoms with E-state index >= 15 is 0 Å². The van der Waals surface area contributed by atoms with Crippen LogP contribution in [0.15, 0.2) is 0 Å². The number of nitrogens with one attached hydrogen (secondary N) is 1. The third kappa shape index (κ3) is 9.30. The lowest BCUT2D eigenvalue weighted by atomic mass is 10.3. The Labute approximate surface area is 100.0 Å². The Morgan fingerprint density at radius 2 is 1.81 bits per heavy atom. The molecule has 0 amide bonds. The van der Waals surface area contributed by atoms with Crippen LogP contribution >= 0.6 is 11.8 Å². The quantitative estimate of drug-likeness (QED) is 0.674. The van der Waals surface area contributed by atoms with Crippen molar-refractivity contribution in [2.45, 2.75) is 32.3 Å². The third-order valence-corrected chi connectivity index (χ3v) is 3.02. The van der Waals surface area contributed by atoms with Gasteiger partial charge in [-0.3, -0.25) is 0 Å². The largest absolute Gasteiger partial charge is 0.441 e. The number of alkyl halides is 3. The van der Waals surface area contributed by atoms with E-state index in [-0.39, 0.29) is 23.6 Å². The molecule has 0 aromatic heterocycles. The zero-order chi connectivity index (χ0) is 12.6. The Kier molecular flexibility index (Phi) is 8.23. The maximum Gasteiger partial charge on any atom is 0.441 e. The van der Waals surface area contributed by atoms with Gasteiger partial charge in [-0.25, -0.2) is 0 Å². The molecule has 0 aliphatic rings. The highest BCUT2D eigenvalue weighted by atomic mass is 32.2. The highest BCUT2D eigenvalue weighted by Gasteiger charge is 2.27. The zero-order valence-corrected chi connectivity index (χ0v) is 10.9. The number of hydrogen-bond acceptors (Lipinski definition) is 3. The maximum atomic E-state index is 11.8. The third-order valence-electron chi connectivity index (χ3n) is 2.29. The van der Waals surface area contributed by atoms with Crippen LogP contribution in [0.1, 0.15) is 20.8 Å². The van der Waals surface area contributed by atoms with E-state index in [1.54, 1.807) is 0 Å². The summed E-state index contributed by atoms with van der Waals surface area (Å²) in [6.45, 7) is 9.37. The molecule has 98 valence electrons. The van der Waals surface area contributed by atoms with Crippen molar-refractivity contribution in [2.24, 2.45) is 0 Å². The van der Waals surface area contributed by atoms with Crippen molar-refractivity contribution in [2.75, 3.05) is 31.9 Å². The van der Waals surface area contributed by atoms with Crippen LogP contribution in [0.2, 0.25) is 0 Å². The minimum Gasteiger partial charge on any atom is -0.312 e. The summed E-state index contributed by atoms with van der Waals surface area (Å²) in [7, 11) is 0. The summed E-state index contributed by atoms with van der Waals surface area (Å²) >= 11 is 0.0298. The second-order valence-corrected chi connectivity index (χ2v) is 4.80. The zero-order valence-electron chi connectivity index (χ0n) is 10.1. The minimum absolute atomic E-state index is 0.0298. The molecule has 6 heteroatoms. The lowest BCUT2D eigenvalue weighted by molar-refractivity contribution is -0.0327. The van der Waals surface area contributed by atoms with Crippen LogP contribution in [-0.4, -0.2) is 48.4 Å². The van der Waals surface area contributed by atoms with E-state index in [0.717, 1.165) is 19.6 Å². The second-order valence-electron chi connectivity index (χ2n) is 3.64. The van der Waals surface area contributed by atoms with Crippen molar-refractivity contribution in [1.29, 1.82) is 0 Å². The molecule has 1 N–H and O–H groups in total. The predicted octanol–water partition coefficient (Wildman–Crippen LogP) is 2.56. The monoisotopic (exact) mass is 258 g/mol. The standard InChI is InChI=1S/C10H21F3N2S/c1-4-15(5-2)8-9(3)14-6-7-16-10(11,12)13/h9,14H,4-8H2,1-3H3. The van der Waals surface area contributed by atoms with Crippen LogP contribution < -0.4 is 5.32 Å². The molecule has 0 heterocycles. The molecule has 16 heavy (non-hydrogen) atoms. The number of thioether (sulfide) groups is 1. The summed E-state index contributed by atoms with van der Waals surface area (Å²) in [5.41, 5.74) is -4.11. The van der Waals surface area contributed by atoms with Crippen molar-refractivity contribution >= 4 is 11.8 Å². The van der Waals surface area contributed by atoms with Gasteiger partial charge >= 0.3 is 5.51 Å². The Morgan fingerprint density at radius 1 is 1.25 bits per heavy atom. The smallest absolute Gasteiger partial charge is 0.312 e. The molecule has 2 nitrogen and oxygen atoms in total. The molecule has 0 aromatic rings. The lowest BCUT2D eigenvalue weighted by Gasteiger charge is -2.23. The minimum atomic E-state index is -4.11. The van der Waals surface area contributed by atoms with Crippen LogP contribution in [-0.2, 0) is 0 Å². The van der Waals surface area contributed by atoms with Crippen molar-refractivity contribution in [3.8, 4) is 0 Å². The molecular formula is C10H21F3N2S. The van der Waals surface area contributed by atoms with E-state index in [1.165, 1.54) is 0 Å². The summed E-state index contributed by atoms with van der Waals surface area (Å²) in [5, 5.41) is 3.09. The Hall–Kier alpha value is 0.0600. The van der Waals surface area contributed by atoms with Gasteiger partial charge in [0.1, 0.15) is 0 Å². The van der Waals surface area contributed by atoms with Crippen LogP contribution in [0, 0.1) is 0 Å². The predicted molar refractivity (Wildman–Crippen MR) is 63.8 cm³/mol. The molecule has 0 fully saturated rings. The number of nitrogens with zero attached hydrogens (tertiary/aromatic N) is 1. The average molecular weight is 258 g/mol. The van der Waals surface area contributed by atoms with E-state index in [4.69, 9.17) is 0 Å². The Balaban J connectivity index is 3.54. The summed E-state index contributed by atoms with van der Waals surface area (Å²) in [4.78, 5) is 2.24. The SMILES string of the molecule is CCN(CC)CC(C)NCCSC(F)(F)F. The number of rotatable bonds is 8. The topological polar surface area (TPSA) is 15.3 Å². The van der Waals surface area contributed by atoms with Crippen LogP contribution in [0.3, 0.4) is 0 Å².